The molecule has 0 aliphatic carbocycles. The van der Waals surface area contributed by atoms with Gasteiger partial charge in [0.25, 0.3) is 11.6 Å². The standard InChI is InChI=1S/C12H13ClN2O5/c1-2-6-14(7-10(16)17)12(18)11-8(13)4-3-5-9(11)15(19)20/h3-5H,2,6-7H2,1H3,(H,16,17). The van der Waals surface area contributed by atoms with Crippen LogP contribution in [0.15, 0.2) is 18.2 Å². The van der Waals surface area contributed by atoms with Crippen LogP contribution >= 0.6 is 11.6 Å². The smallest absolute Gasteiger partial charge is 0.323 e. The molecule has 0 unspecified atom stereocenters. The lowest BCUT2D eigenvalue weighted by Crippen LogP contribution is -2.36. The van der Waals surface area contributed by atoms with Crippen molar-refractivity contribution in [1.29, 1.82) is 0 Å². The van der Waals surface area contributed by atoms with Gasteiger partial charge in [-0.15, -0.1) is 0 Å². The molecule has 0 aliphatic rings. The number of aliphatic carboxylic acids is 1. The van der Waals surface area contributed by atoms with Crippen molar-refractivity contribution < 1.29 is 19.6 Å². The van der Waals surface area contributed by atoms with Gasteiger partial charge in [0.05, 0.1) is 9.95 Å². The number of nitrogens with zero attached hydrogens (tertiary/aromatic N) is 2. The van der Waals surface area contributed by atoms with Gasteiger partial charge in [-0.1, -0.05) is 24.6 Å². The first-order chi connectivity index (χ1) is 9.38. The summed E-state index contributed by atoms with van der Waals surface area (Å²) in [5.74, 6) is -1.95. The largest absolute Gasteiger partial charge is 0.480 e. The highest BCUT2D eigenvalue weighted by Crippen LogP contribution is 2.27. The Balaban J connectivity index is 3.23. The molecule has 108 valence electrons. The molecule has 0 radical (unpaired) electrons. The Hall–Kier alpha value is -2.15. The number of amides is 1. The van der Waals surface area contributed by atoms with E-state index in [0.29, 0.717) is 6.42 Å². The summed E-state index contributed by atoms with van der Waals surface area (Å²) in [6.45, 7) is 1.41. The fourth-order valence-electron chi connectivity index (χ4n) is 1.72. The van der Waals surface area contributed by atoms with Crippen LogP contribution in [0.3, 0.4) is 0 Å². The van der Waals surface area contributed by atoms with Crippen LogP contribution in [-0.4, -0.2) is 39.9 Å². The number of hydrogen-bond donors (Lipinski definition) is 1. The maximum atomic E-state index is 12.3. The number of nitro groups is 1. The predicted molar refractivity (Wildman–Crippen MR) is 71.9 cm³/mol. The maximum absolute atomic E-state index is 12.3. The topological polar surface area (TPSA) is 101 Å². The molecular weight excluding hydrogens is 288 g/mol. The summed E-state index contributed by atoms with van der Waals surface area (Å²) in [5, 5.41) is 19.7. The lowest BCUT2D eigenvalue weighted by Gasteiger charge is -2.20. The van der Waals surface area contributed by atoms with Crippen molar-refractivity contribution in [2.24, 2.45) is 0 Å². The second kappa shape index (κ2) is 6.85. The molecule has 20 heavy (non-hydrogen) atoms. The molecule has 0 aliphatic heterocycles. The van der Waals surface area contributed by atoms with Gasteiger partial charge in [0, 0.05) is 12.6 Å². The number of carbonyl (C=O) groups excluding carboxylic acids is 1. The third-order valence-electron chi connectivity index (χ3n) is 2.51. The van der Waals surface area contributed by atoms with E-state index in [1.54, 1.807) is 6.92 Å². The Morgan fingerprint density at radius 2 is 2.10 bits per heavy atom. The SMILES string of the molecule is CCCN(CC(=O)O)C(=O)c1c(Cl)cccc1[N+](=O)[O-]. The summed E-state index contributed by atoms with van der Waals surface area (Å²) in [5.41, 5.74) is -0.720. The van der Waals surface area contributed by atoms with Gasteiger partial charge < -0.3 is 10.0 Å². The molecule has 0 atom stereocenters. The molecule has 0 saturated carbocycles. The predicted octanol–water partition coefficient (Wildman–Crippen LogP) is 2.18. The number of carbonyl (C=O) groups is 2. The lowest BCUT2D eigenvalue weighted by atomic mass is 10.1. The first-order valence-electron chi connectivity index (χ1n) is 5.82. The quantitative estimate of drug-likeness (QED) is 0.641. The van der Waals surface area contributed by atoms with E-state index >= 15 is 0 Å². The van der Waals surface area contributed by atoms with Crippen LogP contribution in [0.25, 0.3) is 0 Å². The molecule has 0 saturated heterocycles. The number of rotatable bonds is 6. The van der Waals surface area contributed by atoms with Crippen molar-refractivity contribution in [3.05, 3.63) is 38.9 Å². The van der Waals surface area contributed by atoms with Gasteiger partial charge in [-0.05, 0) is 12.5 Å². The highest BCUT2D eigenvalue weighted by atomic mass is 35.5. The van der Waals surface area contributed by atoms with Crippen LogP contribution in [-0.2, 0) is 4.79 Å². The Morgan fingerprint density at radius 1 is 1.45 bits per heavy atom. The van der Waals surface area contributed by atoms with Crippen molar-refractivity contribution in [3.8, 4) is 0 Å². The number of benzene rings is 1. The van der Waals surface area contributed by atoms with Crippen molar-refractivity contribution >= 4 is 29.2 Å². The third-order valence-corrected chi connectivity index (χ3v) is 2.82. The number of carboxylic acids is 1. The maximum Gasteiger partial charge on any atom is 0.323 e. The number of carboxylic acid groups (broad SMARTS) is 1. The summed E-state index contributed by atoms with van der Waals surface area (Å²) in [6, 6.07) is 3.87. The lowest BCUT2D eigenvalue weighted by molar-refractivity contribution is -0.385. The minimum Gasteiger partial charge on any atom is -0.480 e. The van der Waals surface area contributed by atoms with Crippen molar-refractivity contribution in [2.45, 2.75) is 13.3 Å². The fraction of sp³-hybridized carbons (Fsp3) is 0.333. The van der Waals surface area contributed by atoms with Gasteiger partial charge in [0.15, 0.2) is 0 Å². The molecule has 1 amide bonds. The van der Waals surface area contributed by atoms with Crippen molar-refractivity contribution in [3.63, 3.8) is 0 Å². The summed E-state index contributed by atoms with van der Waals surface area (Å²) in [7, 11) is 0. The van der Waals surface area contributed by atoms with E-state index in [1.807, 2.05) is 0 Å². The summed E-state index contributed by atoms with van der Waals surface area (Å²) in [4.78, 5) is 34.3. The van der Waals surface area contributed by atoms with Gasteiger partial charge in [0.1, 0.15) is 12.1 Å². The van der Waals surface area contributed by atoms with E-state index in [4.69, 9.17) is 16.7 Å². The van der Waals surface area contributed by atoms with E-state index in [2.05, 4.69) is 0 Å². The van der Waals surface area contributed by atoms with Crippen LogP contribution in [0.1, 0.15) is 23.7 Å². The number of halogens is 1. The van der Waals surface area contributed by atoms with Crippen LogP contribution in [0.5, 0.6) is 0 Å². The van der Waals surface area contributed by atoms with E-state index in [1.165, 1.54) is 12.1 Å². The molecule has 7 nitrogen and oxygen atoms in total. The first kappa shape index (κ1) is 15.9. The highest BCUT2D eigenvalue weighted by molar-refractivity contribution is 6.34. The van der Waals surface area contributed by atoms with E-state index in [9.17, 15) is 19.7 Å². The fourth-order valence-corrected chi connectivity index (χ4v) is 1.97. The van der Waals surface area contributed by atoms with Crippen molar-refractivity contribution in [1.82, 2.24) is 4.90 Å². The van der Waals surface area contributed by atoms with Crippen LogP contribution in [0, 0.1) is 10.1 Å². The summed E-state index contributed by atoms with van der Waals surface area (Å²) < 4.78 is 0. The molecule has 1 rings (SSSR count). The Kier molecular flexibility index (Phi) is 5.45. The highest BCUT2D eigenvalue weighted by Gasteiger charge is 2.28. The molecular formula is C12H13ClN2O5. The Bertz CT molecular complexity index is 547. The summed E-state index contributed by atoms with van der Waals surface area (Å²) in [6.07, 6.45) is 0.525. The molecule has 0 fully saturated rings. The molecule has 0 aromatic heterocycles. The Labute approximate surface area is 119 Å². The molecule has 1 N–H and O–H groups in total. The van der Waals surface area contributed by atoms with Gasteiger partial charge in [-0.3, -0.25) is 19.7 Å². The van der Waals surface area contributed by atoms with Gasteiger partial charge in [-0.2, -0.15) is 0 Å². The minimum atomic E-state index is -1.19. The second-order valence-corrected chi connectivity index (χ2v) is 4.42. The Morgan fingerprint density at radius 3 is 2.60 bits per heavy atom. The van der Waals surface area contributed by atoms with Crippen LogP contribution < -0.4 is 0 Å². The second-order valence-electron chi connectivity index (χ2n) is 4.01. The van der Waals surface area contributed by atoms with Gasteiger partial charge in [0.2, 0.25) is 0 Å². The van der Waals surface area contributed by atoms with E-state index in [-0.39, 0.29) is 17.1 Å². The number of nitro benzene ring substituents is 1. The molecule has 1 aromatic carbocycles. The molecule has 0 spiro atoms. The number of hydrogen-bond acceptors (Lipinski definition) is 4. The van der Waals surface area contributed by atoms with Gasteiger partial charge in [-0.25, -0.2) is 0 Å². The normalized spacial score (nSPS) is 10.1. The van der Waals surface area contributed by atoms with Crippen LogP contribution in [0.2, 0.25) is 5.02 Å². The van der Waals surface area contributed by atoms with Crippen LogP contribution in [0.4, 0.5) is 5.69 Å². The minimum absolute atomic E-state index is 0.0734. The van der Waals surface area contributed by atoms with E-state index < -0.39 is 29.0 Å². The summed E-state index contributed by atoms with van der Waals surface area (Å²) >= 11 is 5.85. The molecule has 8 heteroatoms. The monoisotopic (exact) mass is 300 g/mol. The zero-order chi connectivity index (χ0) is 15.3. The van der Waals surface area contributed by atoms with Crippen molar-refractivity contribution in [2.75, 3.05) is 13.1 Å². The van der Waals surface area contributed by atoms with E-state index in [0.717, 1.165) is 11.0 Å². The first-order valence-corrected chi connectivity index (χ1v) is 6.20. The average molecular weight is 301 g/mol. The molecule has 0 bridgehead atoms. The zero-order valence-electron chi connectivity index (χ0n) is 10.7. The third kappa shape index (κ3) is 3.67. The molecule has 0 heterocycles. The zero-order valence-corrected chi connectivity index (χ0v) is 11.5. The average Bonchev–Trinajstić information content (AvgIpc) is 2.36. The van der Waals surface area contributed by atoms with Gasteiger partial charge >= 0.3 is 5.97 Å². The molecule has 1 aromatic rings.